The number of rotatable bonds is 2. The zero-order chi connectivity index (χ0) is 7.98. The van der Waals surface area contributed by atoms with E-state index < -0.39 is 0 Å². The van der Waals surface area contributed by atoms with E-state index in [1.807, 2.05) is 13.8 Å². The summed E-state index contributed by atoms with van der Waals surface area (Å²) >= 11 is 0. The molecule has 10 heavy (non-hydrogen) atoms. The van der Waals surface area contributed by atoms with Crippen LogP contribution in [0.25, 0.3) is 0 Å². The molecular weight excluding hydrogens is 130 g/mol. The van der Waals surface area contributed by atoms with E-state index >= 15 is 0 Å². The highest BCUT2D eigenvalue weighted by Crippen LogP contribution is 1.79. The molecule has 0 saturated heterocycles. The van der Waals surface area contributed by atoms with Gasteiger partial charge in [-0.1, -0.05) is 6.92 Å². The van der Waals surface area contributed by atoms with E-state index in [0.29, 0.717) is 0 Å². The minimum atomic E-state index is -0.284. The Bertz CT molecular complexity index is 142. The van der Waals surface area contributed by atoms with Crippen LogP contribution >= 0.6 is 0 Å². The number of hydrazone groups is 1. The molecule has 0 fully saturated rings. The van der Waals surface area contributed by atoms with Crippen LogP contribution in [0.4, 0.5) is 4.79 Å². The van der Waals surface area contributed by atoms with Crippen molar-refractivity contribution in [1.82, 2.24) is 10.7 Å². The van der Waals surface area contributed by atoms with Crippen LogP contribution in [0.15, 0.2) is 5.10 Å². The smallest absolute Gasteiger partial charge is 0.334 e. The first kappa shape index (κ1) is 8.94. The van der Waals surface area contributed by atoms with Gasteiger partial charge in [0.15, 0.2) is 0 Å². The van der Waals surface area contributed by atoms with E-state index in [1.165, 1.54) is 0 Å². The Morgan fingerprint density at radius 2 is 2.20 bits per heavy atom. The van der Waals surface area contributed by atoms with E-state index in [1.54, 1.807) is 7.05 Å². The summed E-state index contributed by atoms with van der Waals surface area (Å²) in [6.45, 7) is 3.83. The van der Waals surface area contributed by atoms with E-state index in [4.69, 9.17) is 0 Å². The predicted molar refractivity (Wildman–Crippen MR) is 41.0 cm³/mol. The maximum atomic E-state index is 10.5. The zero-order valence-electron chi connectivity index (χ0n) is 6.56. The molecule has 0 atom stereocenters. The molecular formula is C6H13N3O. The van der Waals surface area contributed by atoms with Crippen LogP contribution in [0.2, 0.25) is 0 Å². The van der Waals surface area contributed by atoms with Crippen LogP contribution in [0.5, 0.6) is 0 Å². The highest BCUT2D eigenvalue weighted by atomic mass is 16.2. The Kier molecular flexibility index (Phi) is 4.28. The first-order valence-electron chi connectivity index (χ1n) is 3.21. The fraction of sp³-hybridized carbons (Fsp3) is 0.667. The molecule has 2 N–H and O–H groups in total. The quantitative estimate of drug-likeness (QED) is 0.434. The van der Waals surface area contributed by atoms with Crippen molar-refractivity contribution in [2.75, 3.05) is 7.05 Å². The maximum absolute atomic E-state index is 10.5. The van der Waals surface area contributed by atoms with Gasteiger partial charge in [-0.25, -0.2) is 10.2 Å². The standard InChI is InChI=1S/C6H13N3O/c1-4-5(2)8-9-6(10)7-3/h4H2,1-3H3,(H2,7,9,10)/b8-5+. The second kappa shape index (κ2) is 4.78. The lowest BCUT2D eigenvalue weighted by molar-refractivity contribution is 0.243. The molecule has 0 aliphatic rings. The van der Waals surface area contributed by atoms with Gasteiger partial charge in [-0.2, -0.15) is 5.10 Å². The number of nitrogens with one attached hydrogen (secondary N) is 2. The molecule has 0 bridgehead atoms. The molecule has 58 valence electrons. The number of hydrogen-bond acceptors (Lipinski definition) is 2. The molecule has 0 unspecified atom stereocenters. The van der Waals surface area contributed by atoms with Gasteiger partial charge in [0.05, 0.1) is 0 Å². The summed E-state index contributed by atoms with van der Waals surface area (Å²) in [6.07, 6.45) is 0.851. The van der Waals surface area contributed by atoms with Gasteiger partial charge in [0.2, 0.25) is 0 Å². The molecule has 0 aliphatic heterocycles. The van der Waals surface area contributed by atoms with Gasteiger partial charge in [-0.05, 0) is 13.3 Å². The molecule has 0 aromatic carbocycles. The van der Waals surface area contributed by atoms with Crippen molar-refractivity contribution in [1.29, 1.82) is 0 Å². The third kappa shape index (κ3) is 3.88. The third-order valence-electron chi connectivity index (χ3n) is 1.09. The number of amides is 2. The number of hydrogen-bond donors (Lipinski definition) is 2. The van der Waals surface area contributed by atoms with Crippen LogP contribution in [0.1, 0.15) is 20.3 Å². The number of urea groups is 1. The van der Waals surface area contributed by atoms with Gasteiger partial charge in [0, 0.05) is 12.8 Å². The zero-order valence-corrected chi connectivity index (χ0v) is 6.56. The summed E-state index contributed by atoms with van der Waals surface area (Å²) < 4.78 is 0. The summed E-state index contributed by atoms with van der Waals surface area (Å²) in [5.74, 6) is 0. The Labute approximate surface area is 60.7 Å². The second-order valence-corrected chi connectivity index (χ2v) is 1.89. The number of nitrogens with zero attached hydrogens (tertiary/aromatic N) is 1. The molecule has 0 rings (SSSR count). The largest absolute Gasteiger partial charge is 0.340 e. The van der Waals surface area contributed by atoms with Gasteiger partial charge in [-0.3, -0.25) is 0 Å². The average molecular weight is 143 g/mol. The Morgan fingerprint density at radius 3 is 2.60 bits per heavy atom. The van der Waals surface area contributed by atoms with Crippen molar-refractivity contribution in [3.63, 3.8) is 0 Å². The highest BCUT2D eigenvalue weighted by Gasteiger charge is 1.90. The fourth-order valence-electron chi connectivity index (χ4n) is 0.281. The first-order chi connectivity index (χ1) is 4.70. The molecule has 0 aromatic heterocycles. The monoisotopic (exact) mass is 143 g/mol. The van der Waals surface area contributed by atoms with Crippen molar-refractivity contribution >= 4 is 11.7 Å². The van der Waals surface area contributed by atoms with E-state index in [9.17, 15) is 4.79 Å². The summed E-state index contributed by atoms with van der Waals surface area (Å²) in [5, 5.41) is 6.16. The summed E-state index contributed by atoms with van der Waals surface area (Å²) in [7, 11) is 1.55. The topological polar surface area (TPSA) is 53.5 Å². The van der Waals surface area contributed by atoms with Gasteiger partial charge >= 0.3 is 6.03 Å². The van der Waals surface area contributed by atoms with E-state index in [-0.39, 0.29) is 6.03 Å². The van der Waals surface area contributed by atoms with Gasteiger partial charge < -0.3 is 5.32 Å². The van der Waals surface area contributed by atoms with Crippen LogP contribution in [0, 0.1) is 0 Å². The van der Waals surface area contributed by atoms with E-state index in [2.05, 4.69) is 15.8 Å². The van der Waals surface area contributed by atoms with Crippen molar-refractivity contribution < 1.29 is 4.79 Å². The third-order valence-corrected chi connectivity index (χ3v) is 1.09. The summed E-state index contributed by atoms with van der Waals surface area (Å²) in [4.78, 5) is 10.5. The molecule has 2 amide bonds. The van der Waals surface area contributed by atoms with Gasteiger partial charge in [0.25, 0.3) is 0 Å². The molecule has 0 aromatic rings. The second-order valence-electron chi connectivity index (χ2n) is 1.89. The van der Waals surface area contributed by atoms with Gasteiger partial charge in [-0.15, -0.1) is 0 Å². The first-order valence-corrected chi connectivity index (χ1v) is 3.21. The molecule has 0 spiro atoms. The molecule has 0 radical (unpaired) electrons. The van der Waals surface area contributed by atoms with Crippen molar-refractivity contribution in [3.05, 3.63) is 0 Å². The minimum absolute atomic E-state index is 0.284. The van der Waals surface area contributed by atoms with Crippen LogP contribution in [-0.4, -0.2) is 18.8 Å². The lowest BCUT2D eigenvalue weighted by Crippen LogP contribution is -2.29. The molecule has 0 saturated carbocycles. The molecule has 0 aliphatic carbocycles. The Hall–Kier alpha value is -1.06. The number of carbonyl (C=O) groups is 1. The van der Waals surface area contributed by atoms with Crippen molar-refractivity contribution in [2.45, 2.75) is 20.3 Å². The molecule has 4 nitrogen and oxygen atoms in total. The van der Waals surface area contributed by atoms with Crippen LogP contribution in [0.3, 0.4) is 0 Å². The van der Waals surface area contributed by atoms with E-state index in [0.717, 1.165) is 12.1 Å². The van der Waals surface area contributed by atoms with Crippen LogP contribution < -0.4 is 10.7 Å². The minimum Gasteiger partial charge on any atom is -0.340 e. The van der Waals surface area contributed by atoms with Crippen molar-refractivity contribution in [2.24, 2.45) is 5.10 Å². The SMILES string of the molecule is CC/C(C)=N/NC(=O)NC. The maximum Gasteiger partial charge on any atom is 0.334 e. The lowest BCUT2D eigenvalue weighted by atomic mass is 10.3. The lowest BCUT2D eigenvalue weighted by Gasteiger charge is -1.97. The van der Waals surface area contributed by atoms with Gasteiger partial charge in [0.1, 0.15) is 0 Å². The highest BCUT2D eigenvalue weighted by molar-refractivity contribution is 5.83. The molecule has 4 heteroatoms. The van der Waals surface area contributed by atoms with Crippen molar-refractivity contribution in [3.8, 4) is 0 Å². The molecule has 0 heterocycles. The Morgan fingerprint density at radius 1 is 1.60 bits per heavy atom. The predicted octanol–water partition coefficient (Wildman–Crippen LogP) is 0.701. The Balaban J connectivity index is 3.61. The van der Waals surface area contributed by atoms with Crippen LogP contribution in [-0.2, 0) is 0 Å². The number of carbonyl (C=O) groups excluding carboxylic acids is 1. The summed E-state index contributed by atoms with van der Waals surface area (Å²) in [6, 6.07) is -0.284. The fourth-order valence-corrected chi connectivity index (χ4v) is 0.281. The normalized spacial score (nSPS) is 10.9. The average Bonchev–Trinajstić information content (AvgIpc) is 1.99. The summed E-state index contributed by atoms with van der Waals surface area (Å²) in [5.41, 5.74) is 3.23.